The van der Waals surface area contributed by atoms with E-state index >= 15 is 0 Å². The molecule has 0 amide bonds. The Hall–Kier alpha value is -1.06. The second-order valence-electron chi connectivity index (χ2n) is 5.68. The van der Waals surface area contributed by atoms with Crippen LogP contribution in [0.5, 0.6) is 5.75 Å². The second kappa shape index (κ2) is 3.97. The first-order valence-electron chi connectivity index (χ1n) is 6.90. The van der Waals surface area contributed by atoms with E-state index in [1.807, 2.05) is 12.1 Å². The van der Waals surface area contributed by atoms with Gasteiger partial charge in [0.1, 0.15) is 5.75 Å². The minimum Gasteiger partial charge on any atom is -0.493 e. The topological polar surface area (TPSA) is 38.7 Å². The minimum atomic E-state index is -0.383. The predicted molar refractivity (Wildman–Crippen MR) is 66.6 cm³/mol. The van der Waals surface area contributed by atoms with Gasteiger partial charge in [-0.3, -0.25) is 0 Å². The Labute approximate surface area is 107 Å². The zero-order valence-electron chi connectivity index (χ0n) is 10.3. The van der Waals surface area contributed by atoms with Gasteiger partial charge in [-0.1, -0.05) is 6.07 Å². The van der Waals surface area contributed by atoms with Crippen molar-refractivity contribution in [3.63, 3.8) is 0 Å². The van der Waals surface area contributed by atoms with E-state index in [0.29, 0.717) is 6.10 Å². The maximum Gasteiger partial charge on any atom is 0.122 e. The molecule has 4 unspecified atom stereocenters. The van der Waals surface area contributed by atoms with Crippen molar-refractivity contribution in [3.8, 4) is 5.75 Å². The molecule has 3 heterocycles. The standard InChI is InChI=1S/C15H18O3/c16-15(12-8-11-2-4-14(12)18-11)10-1-3-13-9(7-10)5-6-17-13/h1,3,7,11-12,14-16H,2,4-6,8H2. The molecule has 3 heteroatoms. The third kappa shape index (κ3) is 1.57. The zero-order chi connectivity index (χ0) is 12.1. The third-order valence-corrected chi connectivity index (χ3v) is 4.61. The Balaban J connectivity index is 1.59. The third-order valence-electron chi connectivity index (χ3n) is 4.61. The first-order valence-corrected chi connectivity index (χ1v) is 6.90. The normalized spacial score (nSPS) is 34.4. The Kier molecular flexibility index (Phi) is 2.39. The largest absolute Gasteiger partial charge is 0.493 e. The van der Waals surface area contributed by atoms with Gasteiger partial charge in [0.25, 0.3) is 0 Å². The number of benzene rings is 1. The molecule has 4 atom stereocenters. The minimum absolute atomic E-state index is 0.273. The van der Waals surface area contributed by atoms with E-state index in [2.05, 4.69) is 6.07 Å². The van der Waals surface area contributed by atoms with Crippen LogP contribution in [0.4, 0.5) is 0 Å². The summed E-state index contributed by atoms with van der Waals surface area (Å²) in [7, 11) is 0. The van der Waals surface area contributed by atoms with Crippen molar-refractivity contribution in [1.82, 2.24) is 0 Å². The Morgan fingerprint density at radius 1 is 1.28 bits per heavy atom. The Bertz CT molecular complexity index is 471. The maximum atomic E-state index is 10.6. The smallest absolute Gasteiger partial charge is 0.122 e. The van der Waals surface area contributed by atoms with Crippen molar-refractivity contribution in [1.29, 1.82) is 0 Å². The van der Waals surface area contributed by atoms with Gasteiger partial charge in [0.15, 0.2) is 0 Å². The average Bonchev–Trinajstić information content (AvgIpc) is 3.12. The van der Waals surface area contributed by atoms with E-state index < -0.39 is 0 Å². The fourth-order valence-electron chi connectivity index (χ4n) is 3.65. The Morgan fingerprint density at radius 2 is 2.22 bits per heavy atom. The number of fused-ring (bicyclic) bond motifs is 3. The van der Waals surface area contributed by atoms with Gasteiger partial charge in [0.2, 0.25) is 0 Å². The molecule has 4 rings (SSSR count). The molecule has 2 fully saturated rings. The van der Waals surface area contributed by atoms with Crippen LogP contribution < -0.4 is 4.74 Å². The summed E-state index contributed by atoms with van der Waals surface area (Å²) in [5.74, 6) is 1.26. The second-order valence-corrected chi connectivity index (χ2v) is 5.68. The lowest BCUT2D eigenvalue weighted by molar-refractivity contribution is 0.0422. The van der Waals surface area contributed by atoms with E-state index in [9.17, 15) is 5.11 Å². The van der Waals surface area contributed by atoms with Gasteiger partial charge in [-0.25, -0.2) is 0 Å². The fourth-order valence-corrected chi connectivity index (χ4v) is 3.65. The lowest BCUT2D eigenvalue weighted by Gasteiger charge is -2.24. The van der Waals surface area contributed by atoms with Crippen LogP contribution in [0.25, 0.3) is 0 Å². The summed E-state index contributed by atoms with van der Waals surface area (Å²) >= 11 is 0. The highest BCUT2D eigenvalue weighted by atomic mass is 16.5. The molecule has 96 valence electrons. The molecule has 3 nitrogen and oxygen atoms in total. The number of ether oxygens (including phenoxy) is 2. The molecule has 0 aliphatic carbocycles. The molecule has 0 spiro atoms. The van der Waals surface area contributed by atoms with Gasteiger partial charge in [0.05, 0.1) is 24.9 Å². The van der Waals surface area contributed by atoms with Gasteiger partial charge in [0, 0.05) is 12.3 Å². The molecule has 0 saturated carbocycles. The SMILES string of the molecule is OC(c1ccc2c(c1)CCO2)C1CC2CCC1O2. The van der Waals surface area contributed by atoms with Crippen LogP contribution in [0.3, 0.4) is 0 Å². The fraction of sp³-hybridized carbons (Fsp3) is 0.600. The summed E-state index contributed by atoms with van der Waals surface area (Å²) in [6.45, 7) is 0.770. The van der Waals surface area contributed by atoms with E-state index in [1.54, 1.807) is 0 Å². The summed E-state index contributed by atoms with van der Waals surface area (Å²) in [5.41, 5.74) is 2.26. The van der Waals surface area contributed by atoms with Gasteiger partial charge in [-0.05, 0) is 42.5 Å². The number of hydrogen-bond donors (Lipinski definition) is 1. The van der Waals surface area contributed by atoms with Crippen molar-refractivity contribution in [2.45, 2.75) is 44.0 Å². The quantitative estimate of drug-likeness (QED) is 0.869. The van der Waals surface area contributed by atoms with E-state index in [0.717, 1.165) is 37.2 Å². The van der Waals surface area contributed by atoms with Crippen LogP contribution in [0.1, 0.15) is 36.5 Å². The van der Waals surface area contributed by atoms with Crippen molar-refractivity contribution >= 4 is 0 Å². The summed E-state index contributed by atoms with van der Waals surface area (Å²) < 4.78 is 11.3. The zero-order valence-corrected chi connectivity index (χ0v) is 10.3. The van der Waals surface area contributed by atoms with Gasteiger partial charge in [-0.2, -0.15) is 0 Å². The molecule has 1 N–H and O–H groups in total. The summed E-state index contributed by atoms with van der Waals surface area (Å²) in [6.07, 6.45) is 4.54. The van der Waals surface area contributed by atoms with Crippen molar-refractivity contribution in [3.05, 3.63) is 29.3 Å². The van der Waals surface area contributed by atoms with Gasteiger partial charge >= 0.3 is 0 Å². The van der Waals surface area contributed by atoms with Crippen molar-refractivity contribution < 1.29 is 14.6 Å². The van der Waals surface area contributed by atoms with Crippen molar-refractivity contribution in [2.75, 3.05) is 6.61 Å². The van der Waals surface area contributed by atoms with E-state index in [1.165, 1.54) is 12.0 Å². The molecule has 0 aromatic heterocycles. The molecule has 2 bridgehead atoms. The van der Waals surface area contributed by atoms with Crippen LogP contribution in [0, 0.1) is 5.92 Å². The first kappa shape index (κ1) is 10.8. The van der Waals surface area contributed by atoms with Crippen molar-refractivity contribution in [2.24, 2.45) is 5.92 Å². The highest BCUT2D eigenvalue weighted by molar-refractivity contribution is 5.40. The molecular formula is C15H18O3. The number of aliphatic hydroxyl groups excluding tert-OH is 1. The summed E-state index contributed by atoms with van der Waals surface area (Å²) in [5, 5.41) is 10.6. The molecular weight excluding hydrogens is 228 g/mol. The van der Waals surface area contributed by atoms with Crippen LogP contribution in [-0.4, -0.2) is 23.9 Å². The average molecular weight is 246 g/mol. The van der Waals surface area contributed by atoms with Gasteiger partial charge < -0.3 is 14.6 Å². The van der Waals surface area contributed by atoms with E-state index in [4.69, 9.17) is 9.47 Å². The molecule has 3 aliphatic rings. The lowest BCUT2D eigenvalue weighted by atomic mass is 9.82. The van der Waals surface area contributed by atoms with Crippen LogP contribution >= 0.6 is 0 Å². The Morgan fingerprint density at radius 3 is 3.00 bits per heavy atom. The highest BCUT2D eigenvalue weighted by Crippen LogP contribution is 2.45. The first-order chi connectivity index (χ1) is 8.81. The maximum absolute atomic E-state index is 10.6. The van der Waals surface area contributed by atoms with Crippen LogP contribution in [0.2, 0.25) is 0 Å². The monoisotopic (exact) mass is 246 g/mol. The van der Waals surface area contributed by atoms with E-state index in [-0.39, 0.29) is 18.1 Å². The summed E-state index contributed by atoms with van der Waals surface area (Å²) in [6, 6.07) is 6.11. The summed E-state index contributed by atoms with van der Waals surface area (Å²) in [4.78, 5) is 0. The molecule has 1 aromatic rings. The highest BCUT2D eigenvalue weighted by Gasteiger charge is 2.44. The molecule has 1 aromatic carbocycles. The molecule has 3 aliphatic heterocycles. The number of aliphatic hydroxyl groups is 1. The number of rotatable bonds is 2. The molecule has 18 heavy (non-hydrogen) atoms. The van der Waals surface area contributed by atoms with Crippen LogP contribution in [-0.2, 0) is 11.2 Å². The molecule has 0 radical (unpaired) electrons. The molecule has 2 saturated heterocycles. The lowest BCUT2D eigenvalue weighted by Crippen LogP contribution is -2.23. The van der Waals surface area contributed by atoms with Crippen LogP contribution in [0.15, 0.2) is 18.2 Å². The van der Waals surface area contributed by atoms with Gasteiger partial charge in [-0.15, -0.1) is 0 Å². The number of hydrogen-bond acceptors (Lipinski definition) is 3. The predicted octanol–water partition coefficient (Wildman–Crippen LogP) is 2.22.